The molecule has 162 valence electrons. The summed E-state index contributed by atoms with van der Waals surface area (Å²) in [6.45, 7) is 5.50. The minimum absolute atomic E-state index is 0.0344. The van der Waals surface area contributed by atoms with E-state index in [0.29, 0.717) is 15.4 Å². The van der Waals surface area contributed by atoms with Gasteiger partial charge in [0, 0.05) is 17.0 Å². The lowest BCUT2D eigenvalue weighted by Gasteiger charge is -2.17. The molecule has 1 unspecified atom stereocenters. The van der Waals surface area contributed by atoms with Gasteiger partial charge in [0.15, 0.2) is 6.61 Å². The Bertz CT molecular complexity index is 1040. The Morgan fingerprint density at radius 3 is 2.39 bits per heavy atom. The maximum atomic E-state index is 13.0. The topological polar surface area (TPSA) is 84.5 Å². The third-order valence-corrected chi connectivity index (χ3v) is 6.54. The molecule has 0 bridgehead atoms. The van der Waals surface area contributed by atoms with Gasteiger partial charge in [0.25, 0.3) is 11.8 Å². The molecule has 2 heterocycles. The molecule has 3 rings (SSSR count). The molecule has 0 aliphatic carbocycles. The van der Waals surface area contributed by atoms with E-state index in [4.69, 9.17) is 4.74 Å². The first-order valence-corrected chi connectivity index (χ1v) is 11.6. The molecule has 31 heavy (non-hydrogen) atoms. The predicted molar refractivity (Wildman–Crippen MR) is 125 cm³/mol. The molecular formula is C23H24N2O4S2. The quantitative estimate of drug-likeness (QED) is 0.465. The lowest BCUT2D eigenvalue weighted by molar-refractivity contribution is -0.125. The van der Waals surface area contributed by atoms with Gasteiger partial charge in [-0.1, -0.05) is 50.2 Å². The average molecular weight is 457 g/mol. The molecule has 3 aromatic rings. The van der Waals surface area contributed by atoms with E-state index in [1.807, 2.05) is 56.5 Å². The number of hydrogen-bond donors (Lipinski definition) is 2. The highest BCUT2D eigenvalue weighted by Crippen LogP contribution is 2.36. The molecule has 0 saturated heterocycles. The van der Waals surface area contributed by atoms with Gasteiger partial charge in [-0.3, -0.25) is 9.59 Å². The number of rotatable bonds is 8. The molecule has 0 saturated carbocycles. The first-order valence-electron chi connectivity index (χ1n) is 9.85. The van der Waals surface area contributed by atoms with Crippen molar-refractivity contribution in [2.45, 2.75) is 26.8 Å². The summed E-state index contributed by atoms with van der Waals surface area (Å²) in [4.78, 5) is 38.2. The van der Waals surface area contributed by atoms with E-state index in [0.717, 1.165) is 5.56 Å². The van der Waals surface area contributed by atoms with Crippen LogP contribution >= 0.6 is 22.7 Å². The molecule has 2 amide bonds. The van der Waals surface area contributed by atoms with Crippen LogP contribution in [0.2, 0.25) is 0 Å². The van der Waals surface area contributed by atoms with Gasteiger partial charge in [0.1, 0.15) is 10.6 Å². The first kappa shape index (κ1) is 22.7. The number of amides is 2. The minimum atomic E-state index is -0.658. The lowest BCUT2D eigenvalue weighted by atomic mass is 10.0. The van der Waals surface area contributed by atoms with E-state index in [1.54, 1.807) is 17.5 Å². The average Bonchev–Trinajstić information content (AvgIpc) is 3.43. The van der Waals surface area contributed by atoms with Gasteiger partial charge in [-0.25, -0.2) is 4.79 Å². The maximum Gasteiger partial charge on any atom is 0.342 e. The van der Waals surface area contributed by atoms with Crippen LogP contribution in [0.3, 0.4) is 0 Å². The van der Waals surface area contributed by atoms with Gasteiger partial charge in [0.2, 0.25) is 0 Å². The second kappa shape index (κ2) is 10.4. The highest BCUT2D eigenvalue weighted by atomic mass is 32.1. The van der Waals surface area contributed by atoms with Gasteiger partial charge in [-0.15, -0.1) is 22.7 Å². The number of carbonyl (C=O) groups excluding carboxylic acids is 3. The van der Waals surface area contributed by atoms with Gasteiger partial charge >= 0.3 is 5.97 Å². The third kappa shape index (κ3) is 5.80. The van der Waals surface area contributed by atoms with Crippen LogP contribution in [0.1, 0.15) is 40.8 Å². The van der Waals surface area contributed by atoms with Crippen molar-refractivity contribution >= 4 is 45.5 Å². The second-order valence-corrected chi connectivity index (χ2v) is 9.15. The zero-order chi connectivity index (χ0) is 22.4. The fourth-order valence-electron chi connectivity index (χ4n) is 2.72. The standard InChI is InChI=1S/C23H24N2O4S2/c1-14(2)15(3)24-19(26)12-29-23(28)20-17(16-8-5-4-6-9-16)13-31-22(20)25-21(27)18-10-7-11-30-18/h4-11,13-15H,12H2,1-3H3,(H,24,26)(H,25,27). The van der Waals surface area contributed by atoms with Crippen LogP contribution in [0.5, 0.6) is 0 Å². The summed E-state index contributed by atoms with van der Waals surface area (Å²) in [5, 5.41) is 9.62. The number of hydrogen-bond acceptors (Lipinski definition) is 6. The van der Waals surface area contributed by atoms with E-state index < -0.39 is 12.6 Å². The molecule has 0 spiro atoms. The van der Waals surface area contributed by atoms with E-state index >= 15 is 0 Å². The fourth-order valence-corrected chi connectivity index (χ4v) is 4.29. The zero-order valence-corrected chi connectivity index (χ0v) is 19.1. The van der Waals surface area contributed by atoms with E-state index in [-0.39, 0.29) is 29.3 Å². The molecule has 2 aromatic heterocycles. The van der Waals surface area contributed by atoms with Crippen molar-refractivity contribution in [3.05, 3.63) is 63.7 Å². The van der Waals surface area contributed by atoms with E-state index in [1.165, 1.54) is 22.7 Å². The van der Waals surface area contributed by atoms with Crippen molar-refractivity contribution < 1.29 is 19.1 Å². The third-order valence-electron chi connectivity index (χ3n) is 4.77. The van der Waals surface area contributed by atoms with Gasteiger partial charge < -0.3 is 15.4 Å². The number of benzene rings is 1. The molecule has 6 nitrogen and oxygen atoms in total. The Balaban J connectivity index is 1.82. The summed E-state index contributed by atoms with van der Waals surface area (Å²) in [5.41, 5.74) is 1.71. The van der Waals surface area contributed by atoms with Crippen LogP contribution in [0.4, 0.5) is 5.00 Å². The Morgan fingerprint density at radius 2 is 1.74 bits per heavy atom. The van der Waals surface area contributed by atoms with Gasteiger partial charge in [0.05, 0.1) is 4.88 Å². The zero-order valence-electron chi connectivity index (χ0n) is 17.5. The molecule has 0 aliphatic rings. The van der Waals surface area contributed by atoms with Crippen LogP contribution in [0, 0.1) is 5.92 Å². The van der Waals surface area contributed by atoms with Crippen molar-refractivity contribution in [3.63, 3.8) is 0 Å². The smallest absolute Gasteiger partial charge is 0.342 e. The number of anilines is 1. The number of carbonyl (C=O) groups is 3. The highest BCUT2D eigenvalue weighted by molar-refractivity contribution is 7.15. The van der Waals surface area contributed by atoms with E-state index in [9.17, 15) is 14.4 Å². The summed E-state index contributed by atoms with van der Waals surface area (Å²) in [6, 6.07) is 12.8. The minimum Gasteiger partial charge on any atom is -0.452 e. The molecule has 0 fully saturated rings. The SMILES string of the molecule is CC(C)C(C)NC(=O)COC(=O)c1c(-c2ccccc2)csc1NC(=O)c1cccs1. The van der Waals surface area contributed by atoms with Crippen LogP contribution in [-0.2, 0) is 9.53 Å². The molecule has 8 heteroatoms. The Kier molecular flexibility index (Phi) is 7.59. The van der Waals surface area contributed by atoms with Crippen molar-refractivity contribution in [1.82, 2.24) is 5.32 Å². The number of ether oxygens (including phenoxy) is 1. The van der Waals surface area contributed by atoms with Crippen molar-refractivity contribution in [1.29, 1.82) is 0 Å². The van der Waals surface area contributed by atoms with Crippen molar-refractivity contribution in [2.75, 3.05) is 11.9 Å². The van der Waals surface area contributed by atoms with Crippen LogP contribution in [-0.4, -0.2) is 30.4 Å². The maximum absolute atomic E-state index is 13.0. The summed E-state index contributed by atoms with van der Waals surface area (Å²) in [5.74, 6) is -1.06. The Hall–Kier alpha value is -2.97. The fraction of sp³-hybridized carbons (Fsp3) is 0.261. The van der Waals surface area contributed by atoms with Gasteiger partial charge in [-0.2, -0.15) is 0 Å². The van der Waals surface area contributed by atoms with Crippen molar-refractivity contribution in [2.24, 2.45) is 5.92 Å². The summed E-state index contributed by atoms with van der Waals surface area (Å²) >= 11 is 2.56. The molecule has 1 atom stereocenters. The highest BCUT2D eigenvalue weighted by Gasteiger charge is 2.24. The Morgan fingerprint density at radius 1 is 1.00 bits per heavy atom. The molecule has 0 aliphatic heterocycles. The number of esters is 1. The predicted octanol–water partition coefficient (Wildman–Crippen LogP) is 5.05. The number of nitrogens with one attached hydrogen (secondary N) is 2. The largest absolute Gasteiger partial charge is 0.452 e. The van der Waals surface area contributed by atoms with Gasteiger partial charge in [-0.05, 0) is 29.9 Å². The second-order valence-electron chi connectivity index (χ2n) is 7.33. The monoisotopic (exact) mass is 456 g/mol. The van der Waals surface area contributed by atoms with Crippen LogP contribution in [0.15, 0.2) is 53.2 Å². The van der Waals surface area contributed by atoms with Crippen molar-refractivity contribution in [3.8, 4) is 11.1 Å². The molecular weight excluding hydrogens is 432 g/mol. The summed E-state index contributed by atoms with van der Waals surface area (Å²) in [7, 11) is 0. The summed E-state index contributed by atoms with van der Waals surface area (Å²) < 4.78 is 5.31. The lowest BCUT2D eigenvalue weighted by Crippen LogP contribution is -2.38. The normalized spacial score (nSPS) is 11.7. The Labute approximate surface area is 189 Å². The number of thiophene rings is 2. The van der Waals surface area contributed by atoms with Crippen LogP contribution < -0.4 is 10.6 Å². The molecule has 1 aromatic carbocycles. The van der Waals surface area contributed by atoms with E-state index in [2.05, 4.69) is 10.6 Å². The summed E-state index contributed by atoms with van der Waals surface area (Å²) in [6.07, 6.45) is 0. The first-order chi connectivity index (χ1) is 14.9. The van der Waals surface area contributed by atoms with Crippen LogP contribution in [0.25, 0.3) is 11.1 Å². The molecule has 0 radical (unpaired) electrons. The molecule has 2 N–H and O–H groups in total.